The molecule has 1 N–H and O–H groups in total. The predicted octanol–water partition coefficient (Wildman–Crippen LogP) is 2.43. The van der Waals surface area contributed by atoms with E-state index < -0.39 is 0 Å². The summed E-state index contributed by atoms with van der Waals surface area (Å²) in [7, 11) is 0. The second-order valence-corrected chi connectivity index (χ2v) is 4.68. The van der Waals surface area contributed by atoms with E-state index in [1.807, 2.05) is 37.3 Å². The quantitative estimate of drug-likeness (QED) is 0.877. The summed E-state index contributed by atoms with van der Waals surface area (Å²) in [5.41, 5.74) is 1.00. The molecule has 106 valence electrons. The van der Waals surface area contributed by atoms with Crippen molar-refractivity contribution in [3.8, 4) is 0 Å². The molecule has 0 radical (unpaired) electrons. The van der Waals surface area contributed by atoms with Crippen LogP contribution in [0.15, 0.2) is 34.7 Å². The number of rotatable bonds is 6. The average Bonchev–Trinajstić information content (AvgIpc) is 2.90. The van der Waals surface area contributed by atoms with E-state index in [1.54, 1.807) is 6.92 Å². The highest BCUT2D eigenvalue weighted by Gasteiger charge is 2.23. The maximum Gasteiger partial charge on any atom is 0.224 e. The first kappa shape index (κ1) is 14.2. The van der Waals surface area contributed by atoms with Gasteiger partial charge in [0.1, 0.15) is 0 Å². The lowest BCUT2D eigenvalue weighted by Gasteiger charge is -2.13. The van der Waals surface area contributed by atoms with E-state index in [0.717, 1.165) is 12.0 Å². The third-order valence-corrected chi connectivity index (χ3v) is 3.00. The van der Waals surface area contributed by atoms with Crippen LogP contribution < -0.4 is 5.32 Å². The van der Waals surface area contributed by atoms with Crippen LogP contribution in [0.5, 0.6) is 0 Å². The highest BCUT2D eigenvalue weighted by molar-refractivity contribution is 5.77. The van der Waals surface area contributed by atoms with E-state index in [2.05, 4.69) is 15.5 Å². The smallest absolute Gasteiger partial charge is 0.224 e. The van der Waals surface area contributed by atoms with E-state index in [1.165, 1.54) is 0 Å². The molecule has 1 unspecified atom stereocenters. The molecule has 0 aliphatic carbocycles. The van der Waals surface area contributed by atoms with Crippen LogP contribution >= 0.6 is 0 Å². The van der Waals surface area contributed by atoms with Crippen LogP contribution in [0.25, 0.3) is 0 Å². The third kappa shape index (κ3) is 3.66. The molecular weight excluding hydrogens is 254 g/mol. The van der Waals surface area contributed by atoms with E-state index in [4.69, 9.17) is 4.42 Å². The number of amides is 1. The van der Waals surface area contributed by atoms with Crippen LogP contribution in [-0.2, 0) is 4.79 Å². The van der Waals surface area contributed by atoms with Crippen molar-refractivity contribution in [1.82, 2.24) is 15.5 Å². The van der Waals surface area contributed by atoms with Crippen molar-refractivity contribution in [2.45, 2.75) is 32.6 Å². The number of nitrogens with zero attached hydrogens (tertiary/aromatic N) is 2. The predicted molar refractivity (Wildman–Crippen MR) is 75.2 cm³/mol. The van der Waals surface area contributed by atoms with Gasteiger partial charge < -0.3 is 9.73 Å². The minimum absolute atomic E-state index is 0.00319. The highest BCUT2D eigenvalue weighted by Crippen LogP contribution is 2.26. The van der Waals surface area contributed by atoms with Gasteiger partial charge in [-0.15, -0.1) is 10.2 Å². The van der Waals surface area contributed by atoms with Crippen molar-refractivity contribution in [2.75, 3.05) is 6.54 Å². The zero-order chi connectivity index (χ0) is 14.4. The molecule has 2 rings (SSSR count). The second kappa shape index (κ2) is 6.84. The molecule has 1 aromatic heterocycles. The summed E-state index contributed by atoms with van der Waals surface area (Å²) < 4.78 is 5.50. The number of carbonyl (C=O) groups excluding carboxylic acids is 1. The van der Waals surface area contributed by atoms with Gasteiger partial charge in [0.2, 0.25) is 17.7 Å². The van der Waals surface area contributed by atoms with Gasteiger partial charge in [-0.2, -0.15) is 0 Å². The fourth-order valence-electron chi connectivity index (χ4n) is 2.01. The molecule has 0 saturated carbocycles. The Morgan fingerprint density at radius 3 is 2.65 bits per heavy atom. The van der Waals surface area contributed by atoms with Crippen LogP contribution in [0, 0.1) is 6.92 Å². The van der Waals surface area contributed by atoms with Crippen molar-refractivity contribution in [2.24, 2.45) is 0 Å². The molecule has 1 amide bonds. The Hall–Kier alpha value is -2.17. The Morgan fingerprint density at radius 1 is 1.30 bits per heavy atom. The standard InChI is InChI=1S/C15H19N3O2/c1-3-9-16-14(19)10-13(12-7-5-4-6-8-12)15-18-17-11(2)20-15/h4-8,13H,3,9-10H2,1-2H3,(H,16,19). The lowest BCUT2D eigenvalue weighted by atomic mass is 9.95. The molecule has 0 aliphatic rings. The van der Waals surface area contributed by atoms with E-state index in [9.17, 15) is 4.79 Å². The normalized spacial score (nSPS) is 12.1. The number of nitrogens with one attached hydrogen (secondary N) is 1. The van der Waals surface area contributed by atoms with Gasteiger partial charge in [0.25, 0.3) is 0 Å². The Kier molecular flexibility index (Phi) is 4.87. The third-order valence-electron chi connectivity index (χ3n) is 3.00. The molecule has 1 atom stereocenters. The van der Waals surface area contributed by atoms with Crippen LogP contribution in [-0.4, -0.2) is 22.6 Å². The van der Waals surface area contributed by atoms with Crippen molar-refractivity contribution >= 4 is 5.91 Å². The van der Waals surface area contributed by atoms with Gasteiger partial charge in [0, 0.05) is 19.9 Å². The Bertz CT molecular complexity index is 551. The SMILES string of the molecule is CCCNC(=O)CC(c1ccccc1)c1nnc(C)o1. The molecule has 0 saturated heterocycles. The van der Waals surface area contributed by atoms with Crippen LogP contribution in [0.3, 0.4) is 0 Å². The second-order valence-electron chi connectivity index (χ2n) is 4.68. The van der Waals surface area contributed by atoms with Crippen molar-refractivity contribution < 1.29 is 9.21 Å². The van der Waals surface area contributed by atoms with Gasteiger partial charge in [0.15, 0.2) is 0 Å². The largest absolute Gasteiger partial charge is 0.425 e. The summed E-state index contributed by atoms with van der Waals surface area (Å²) in [5, 5.41) is 10.8. The van der Waals surface area contributed by atoms with Crippen molar-refractivity contribution in [3.63, 3.8) is 0 Å². The highest BCUT2D eigenvalue weighted by atomic mass is 16.4. The number of hydrogen-bond acceptors (Lipinski definition) is 4. The van der Waals surface area contributed by atoms with Gasteiger partial charge in [-0.3, -0.25) is 4.79 Å². The van der Waals surface area contributed by atoms with Gasteiger partial charge in [-0.1, -0.05) is 37.3 Å². The molecule has 0 fully saturated rings. The lowest BCUT2D eigenvalue weighted by molar-refractivity contribution is -0.121. The number of aromatic nitrogens is 2. The molecule has 0 bridgehead atoms. The lowest BCUT2D eigenvalue weighted by Crippen LogP contribution is -2.26. The fraction of sp³-hybridized carbons (Fsp3) is 0.400. The summed E-state index contributed by atoms with van der Waals surface area (Å²) in [6.45, 7) is 4.45. The minimum Gasteiger partial charge on any atom is -0.425 e. The molecule has 0 spiro atoms. The average molecular weight is 273 g/mol. The summed E-state index contributed by atoms with van der Waals surface area (Å²) in [6.07, 6.45) is 1.23. The molecule has 1 aromatic carbocycles. The Balaban J connectivity index is 2.19. The number of hydrogen-bond donors (Lipinski definition) is 1. The molecule has 1 heterocycles. The molecule has 5 heteroatoms. The molecule has 0 aliphatic heterocycles. The maximum absolute atomic E-state index is 12.0. The van der Waals surface area contributed by atoms with Crippen molar-refractivity contribution in [3.05, 3.63) is 47.7 Å². The topological polar surface area (TPSA) is 68.0 Å². The van der Waals surface area contributed by atoms with Crippen LogP contribution in [0.2, 0.25) is 0 Å². The van der Waals surface area contributed by atoms with Crippen LogP contribution in [0.1, 0.15) is 43.0 Å². The molecule has 5 nitrogen and oxygen atoms in total. The summed E-state index contributed by atoms with van der Waals surface area (Å²) >= 11 is 0. The Labute approximate surface area is 118 Å². The number of aryl methyl sites for hydroxylation is 1. The maximum atomic E-state index is 12.0. The van der Waals surface area contributed by atoms with Crippen molar-refractivity contribution in [1.29, 1.82) is 0 Å². The van der Waals surface area contributed by atoms with Gasteiger partial charge in [-0.05, 0) is 12.0 Å². The zero-order valence-corrected chi connectivity index (χ0v) is 11.8. The Morgan fingerprint density at radius 2 is 2.05 bits per heavy atom. The molecule has 20 heavy (non-hydrogen) atoms. The summed E-state index contributed by atoms with van der Waals surface area (Å²) in [4.78, 5) is 12.0. The minimum atomic E-state index is -0.200. The monoisotopic (exact) mass is 273 g/mol. The zero-order valence-electron chi connectivity index (χ0n) is 11.8. The summed E-state index contributed by atoms with van der Waals surface area (Å²) in [5.74, 6) is 0.793. The van der Waals surface area contributed by atoms with Crippen LogP contribution in [0.4, 0.5) is 0 Å². The number of carbonyl (C=O) groups is 1. The van der Waals surface area contributed by atoms with Gasteiger partial charge in [-0.25, -0.2) is 0 Å². The van der Waals surface area contributed by atoms with Gasteiger partial charge in [0.05, 0.1) is 5.92 Å². The number of benzene rings is 1. The molecule has 2 aromatic rings. The van der Waals surface area contributed by atoms with Gasteiger partial charge >= 0.3 is 0 Å². The first-order valence-corrected chi connectivity index (χ1v) is 6.82. The first-order chi connectivity index (χ1) is 9.70. The van der Waals surface area contributed by atoms with E-state index in [-0.39, 0.29) is 11.8 Å². The fourth-order valence-corrected chi connectivity index (χ4v) is 2.01. The first-order valence-electron chi connectivity index (χ1n) is 6.82. The molecular formula is C15H19N3O2. The van der Waals surface area contributed by atoms with E-state index >= 15 is 0 Å². The van der Waals surface area contributed by atoms with E-state index in [0.29, 0.717) is 24.7 Å². The summed E-state index contributed by atoms with van der Waals surface area (Å²) in [6, 6.07) is 9.76.